The molecule has 0 radical (unpaired) electrons. The number of aliphatic hydroxyl groups is 1. The van der Waals surface area contributed by atoms with Crippen molar-refractivity contribution in [3.63, 3.8) is 0 Å². The number of fused-ring (bicyclic) bond motifs is 1. The van der Waals surface area contributed by atoms with Crippen molar-refractivity contribution in [3.05, 3.63) is 105 Å². The van der Waals surface area contributed by atoms with Crippen molar-refractivity contribution in [2.24, 2.45) is 0 Å². The molecule has 0 aliphatic heterocycles. The van der Waals surface area contributed by atoms with Crippen molar-refractivity contribution >= 4 is 26.9 Å². The standard InChI is InChI=1S/C33H31BrN6O3/c1-3-4-8-29-35-20(2)26(16-21-6-5-7-22(15-21)18-41)33(36-29)42-19-23-9-14-28-27(17-23)30(34)31(43-28)24-10-12-25(13-11-24)32-37-39-40-38-32/h5-7,9-15,17,41H,3-4,8,16,18-19H2,1-2H3,(H,37,38,39,40). The molecule has 0 fully saturated rings. The molecular formula is C33H31BrN6O3. The SMILES string of the molecule is CCCCc1nc(C)c(Cc2cccc(CO)c2)c(OCc2ccc3oc(-c4ccc(-c5nn[nH]n5)cc4)c(Br)c3c2)n1. The minimum absolute atomic E-state index is 0.00195. The van der Waals surface area contributed by atoms with Crippen molar-refractivity contribution in [1.82, 2.24) is 30.6 Å². The summed E-state index contributed by atoms with van der Waals surface area (Å²) >= 11 is 3.77. The molecule has 0 aliphatic carbocycles. The van der Waals surface area contributed by atoms with E-state index in [4.69, 9.17) is 19.1 Å². The number of furan rings is 1. The molecule has 43 heavy (non-hydrogen) atoms. The molecule has 3 aromatic carbocycles. The largest absolute Gasteiger partial charge is 0.472 e. The van der Waals surface area contributed by atoms with Crippen molar-refractivity contribution in [2.75, 3.05) is 0 Å². The minimum Gasteiger partial charge on any atom is -0.472 e. The maximum Gasteiger partial charge on any atom is 0.220 e. The molecule has 0 bridgehead atoms. The third kappa shape index (κ3) is 6.35. The number of ether oxygens (including phenoxy) is 1. The van der Waals surface area contributed by atoms with Crippen molar-refractivity contribution < 1.29 is 14.3 Å². The molecule has 6 rings (SSSR count). The number of tetrazole rings is 1. The monoisotopic (exact) mass is 638 g/mol. The Morgan fingerprint density at radius 1 is 0.953 bits per heavy atom. The lowest BCUT2D eigenvalue weighted by atomic mass is 10.0. The Bertz CT molecular complexity index is 1850. The molecule has 0 amide bonds. The van der Waals surface area contributed by atoms with E-state index in [9.17, 15) is 5.11 Å². The molecule has 0 atom stereocenters. The zero-order valence-corrected chi connectivity index (χ0v) is 25.6. The summed E-state index contributed by atoms with van der Waals surface area (Å²) in [6, 6.07) is 21.8. The molecule has 9 nitrogen and oxygen atoms in total. The zero-order chi connectivity index (χ0) is 29.8. The lowest BCUT2D eigenvalue weighted by Gasteiger charge is -2.15. The predicted octanol–water partition coefficient (Wildman–Crippen LogP) is 7.15. The van der Waals surface area contributed by atoms with Gasteiger partial charge >= 0.3 is 0 Å². The molecule has 0 aliphatic rings. The van der Waals surface area contributed by atoms with Gasteiger partial charge in [0, 0.05) is 40.6 Å². The number of nitrogens with zero attached hydrogens (tertiary/aromatic N) is 5. The average molecular weight is 640 g/mol. The van der Waals surface area contributed by atoms with Crippen LogP contribution in [0, 0.1) is 6.92 Å². The Labute approximate surface area is 257 Å². The number of aliphatic hydroxyl groups excluding tert-OH is 1. The first-order valence-electron chi connectivity index (χ1n) is 14.3. The first kappa shape index (κ1) is 28.7. The van der Waals surface area contributed by atoms with Gasteiger partial charge in [-0.3, -0.25) is 0 Å². The average Bonchev–Trinajstić information content (AvgIpc) is 3.69. The number of unbranched alkanes of at least 4 members (excludes halogenated alkanes) is 1. The number of aromatic amines is 1. The van der Waals surface area contributed by atoms with E-state index < -0.39 is 0 Å². The lowest BCUT2D eigenvalue weighted by molar-refractivity contribution is 0.281. The molecular weight excluding hydrogens is 608 g/mol. The van der Waals surface area contributed by atoms with E-state index in [2.05, 4.69) is 49.5 Å². The summed E-state index contributed by atoms with van der Waals surface area (Å²) in [7, 11) is 0. The number of H-pyrrole nitrogens is 1. The summed E-state index contributed by atoms with van der Waals surface area (Å²) in [4.78, 5) is 9.65. The number of aryl methyl sites for hydroxylation is 2. The third-order valence-electron chi connectivity index (χ3n) is 7.35. The minimum atomic E-state index is 0.00195. The van der Waals surface area contributed by atoms with Crippen LogP contribution in [0.3, 0.4) is 0 Å². The Morgan fingerprint density at radius 3 is 2.53 bits per heavy atom. The Kier molecular flexibility index (Phi) is 8.57. The summed E-state index contributed by atoms with van der Waals surface area (Å²) in [5.41, 5.74) is 7.37. The van der Waals surface area contributed by atoms with Gasteiger partial charge in [0.25, 0.3) is 0 Å². The molecule has 2 N–H and O–H groups in total. The van der Waals surface area contributed by atoms with E-state index in [1.807, 2.05) is 67.6 Å². The van der Waals surface area contributed by atoms with Gasteiger partial charge < -0.3 is 14.3 Å². The van der Waals surface area contributed by atoms with Gasteiger partial charge in [0.1, 0.15) is 23.8 Å². The van der Waals surface area contributed by atoms with Gasteiger partial charge in [-0.2, -0.15) is 10.2 Å². The molecule has 10 heteroatoms. The topological polar surface area (TPSA) is 123 Å². The van der Waals surface area contributed by atoms with Crippen LogP contribution < -0.4 is 4.74 Å². The number of hydrogen-bond acceptors (Lipinski definition) is 8. The molecule has 0 saturated carbocycles. The van der Waals surface area contributed by atoms with Crippen LogP contribution in [0.4, 0.5) is 0 Å². The maximum atomic E-state index is 9.61. The van der Waals surface area contributed by atoms with E-state index in [0.29, 0.717) is 24.7 Å². The zero-order valence-electron chi connectivity index (χ0n) is 24.0. The van der Waals surface area contributed by atoms with Crippen molar-refractivity contribution in [2.45, 2.75) is 52.7 Å². The van der Waals surface area contributed by atoms with Gasteiger partial charge in [-0.05, 0) is 63.3 Å². The highest BCUT2D eigenvalue weighted by Gasteiger charge is 2.17. The normalized spacial score (nSPS) is 11.3. The first-order chi connectivity index (χ1) is 21.0. The molecule has 6 aromatic rings. The summed E-state index contributed by atoms with van der Waals surface area (Å²) in [5, 5.41) is 24.7. The fraction of sp³-hybridized carbons (Fsp3) is 0.242. The molecule has 0 saturated heterocycles. The number of halogens is 1. The molecule has 3 heterocycles. The van der Waals surface area contributed by atoms with E-state index >= 15 is 0 Å². The Hall–Kier alpha value is -4.41. The lowest BCUT2D eigenvalue weighted by Crippen LogP contribution is -2.09. The number of nitrogens with one attached hydrogen (secondary N) is 1. The van der Waals surface area contributed by atoms with Gasteiger partial charge in [0.15, 0.2) is 0 Å². The second-order valence-corrected chi connectivity index (χ2v) is 11.2. The van der Waals surface area contributed by atoms with Crippen LogP contribution in [0.1, 0.15) is 53.5 Å². The summed E-state index contributed by atoms with van der Waals surface area (Å²) in [5.74, 6) is 2.68. The highest BCUT2D eigenvalue weighted by atomic mass is 79.9. The van der Waals surface area contributed by atoms with E-state index in [1.165, 1.54) is 0 Å². The second-order valence-electron chi connectivity index (χ2n) is 10.4. The number of rotatable bonds is 11. The third-order valence-corrected chi connectivity index (χ3v) is 8.14. The maximum absolute atomic E-state index is 9.61. The fourth-order valence-corrected chi connectivity index (χ4v) is 5.65. The van der Waals surface area contributed by atoms with Crippen molar-refractivity contribution in [3.8, 4) is 28.6 Å². The highest BCUT2D eigenvalue weighted by molar-refractivity contribution is 9.10. The Balaban J connectivity index is 1.26. The van der Waals surface area contributed by atoms with Crippen LogP contribution in [0.15, 0.2) is 75.6 Å². The quantitative estimate of drug-likeness (QED) is 0.153. The van der Waals surface area contributed by atoms with E-state index in [0.717, 1.165) is 85.4 Å². The Morgan fingerprint density at radius 2 is 1.77 bits per heavy atom. The predicted molar refractivity (Wildman–Crippen MR) is 167 cm³/mol. The van der Waals surface area contributed by atoms with E-state index in [-0.39, 0.29) is 6.61 Å². The molecule has 3 aromatic heterocycles. The summed E-state index contributed by atoms with van der Waals surface area (Å²) in [6.45, 7) is 4.52. The molecule has 0 unspecified atom stereocenters. The van der Waals surface area contributed by atoms with Gasteiger partial charge in [0.05, 0.1) is 11.1 Å². The number of hydrogen-bond donors (Lipinski definition) is 2. The van der Waals surface area contributed by atoms with Crippen LogP contribution >= 0.6 is 15.9 Å². The number of benzene rings is 3. The first-order valence-corrected chi connectivity index (χ1v) is 15.0. The van der Waals surface area contributed by atoms with Gasteiger partial charge in [0.2, 0.25) is 11.7 Å². The van der Waals surface area contributed by atoms with E-state index in [1.54, 1.807) is 0 Å². The van der Waals surface area contributed by atoms with Crippen LogP contribution in [0.2, 0.25) is 0 Å². The van der Waals surface area contributed by atoms with Gasteiger partial charge in [-0.1, -0.05) is 67.9 Å². The number of aromatic nitrogens is 6. The van der Waals surface area contributed by atoms with Crippen LogP contribution in [-0.4, -0.2) is 35.7 Å². The molecule has 218 valence electrons. The summed E-state index contributed by atoms with van der Waals surface area (Å²) < 4.78 is 13.5. The fourth-order valence-electron chi connectivity index (χ4n) is 5.03. The molecule has 0 spiro atoms. The van der Waals surface area contributed by atoms with Crippen LogP contribution in [0.25, 0.3) is 33.7 Å². The smallest absolute Gasteiger partial charge is 0.220 e. The van der Waals surface area contributed by atoms with Crippen molar-refractivity contribution in [1.29, 1.82) is 0 Å². The van der Waals surface area contributed by atoms with Crippen LogP contribution in [-0.2, 0) is 26.1 Å². The van der Waals surface area contributed by atoms with Gasteiger partial charge in [-0.15, -0.1) is 10.2 Å². The van der Waals surface area contributed by atoms with Crippen LogP contribution in [0.5, 0.6) is 5.88 Å². The second kappa shape index (κ2) is 12.8. The summed E-state index contributed by atoms with van der Waals surface area (Å²) in [6.07, 6.45) is 3.51. The van der Waals surface area contributed by atoms with Gasteiger partial charge in [-0.25, -0.2) is 4.98 Å². The highest BCUT2D eigenvalue weighted by Crippen LogP contribution is 2.38.